The lowest BCUT2D eigenvalue weighted by atomic mass is 9.97. The number of hydrogen-bond donors (Lipinski definition) is 0. The van der Waals surface area contributed by atoms with E-state index in [9.17, 15) is 4.79 Å². The summed E-state index contributed by atoms with van der Waals surface area (Å²) in [7, 11) is 1.65. The summed E-state index contributed by atoms with van der Waals surface area (Å²) in [4.78, 5) is 12.9. The van der Waals surface area contributed by atoms with Crippen molar-refractivity contribution in [3.63, 3.8) is 0 Å². The molecule has 166 valence electrons. The van der Waals surface area contributed by atoms with Crippen molar-refractivity contribution in [2.24, 2.45) is 5.10 Å². The van der Waals surface area contributed by atoms with Crippen molar-refractivity contribution in [1.29, 1.82) is 0 Å². The smallest absolute Gasteiger partial charge is 0.242 e. The number of benzene rings is 2. The molecule has 1 amide bonds. The summed E-state index contributed by atoms with van der Waals surface area (Å²) in [6, 6.07) is 19.7. The molecular formula is C26H24N4O2S. The average molecular weight is 457 g/mol. The first-order valence-corrected chi connectivity index (χ1v) is 11.8. The number of methoxy groups -OCH3 is 1. The highest BCUT2D eigenvalue weighted by Gasteiger charge is 2.35. The number of rotatable bonds is 6. The van der Waals surface area contributed by atoms with Gasteiger partial charge in [-0.05, 0) is 53.2 Å². The van der Waals surface area contributed by atoms with E-state index in [1.165, 1.54) is 0 Å². The second kappa shape index (κ2) is 9.03. The van der Waals surface area contributed by atoms with E-state index in [4.69, 9.17) is 14.9 Å². The maximum Gasteiger partial charge on any atom is 0.242 e. The van der Waals surface area contributed by atoms with Crippen LogP contribution in [-0.2, 0) is 4.79 Å². The lowest BCUT2D eigenvalue weighted by Gasteiger charge is -2.21. The molecule has 2 aromatic carbocycles. The van der Waals surface area contributed by atoms with Crippen LogP contribution in [0, 0.1) is 0 Å². The topological polar surface area (TPSA) is 59.7 Å². The Hall–Kier alpha value is -3.71. The van der Waals surface area contributed by atoms with Gasteiger partial charge in [0.25, 0.3) is 0 Å². The lowest BCUT2D eigenvalue weighted by molar-refractivity contribution is -0.132. The van der Waals surface area contributed by atoms with Crippen molar-refractivity contribution >= 4 is 23.0 Å². The van der Waals surface area contributed by atoms with Gasteiger partial charge in [-0.1, -0.05) is 25.1 Å². The van der Waals surface area contributed by atoms with Gasteiger partial charge in [0.1, 0.15) is 5.75 Å². The molecule has 6 nitrogen and oxygen atoms in total. The number of amides is 1. The molecule has 0 saturated heterocycles. The second-order valence-electron chi connectivity index (χ2n) is 7.81. The number of para-hydroxylation sites is 1. The van der Waals surface area contributed by atoms with E-state index in [1.54, 1.807) is 23.5 Å². The highest BCUT2D eigenvalue weighted by atomic mass is 32.1. The fourth-order valence-corrected chi connectivity index (χ4v) is 4.73. The average Bonchev–Trinajstić information content (AvgIpc) is 3.63. The Labute approximate surface area is 196 Å². The molecule has 1 aliphatic heterocycles. The van der Waals surface area contributed by atoms with Gasteiger partial charge < -0.3 is 4.74 Å². The van der Waals surface area contributed by atoms with E-state index >= 15 is 0 Å². The van der Waals surface area contributed by atoms with E-state index in [1.807, 2.05) is 77.8 Å². The first-order valence-electron chi connectivity index (χ1n) is 10.9. The quantitative estimate of drug-likeness (QED) is 0.374. The minimum atomic E-state index is -0.220. The van der Waals surface area contributed by atoms with Gasteiger partial charge in [-0.2, -0.15) is 21.5 Å². The van der Waals surface area contributed by atoms with Crippen LogP contribution in [0.3, 0.4) is 0 Å². The lowest BCUT2D eigenvalue weighted by Crippen LogP contribution is -2.26. The maximum absolute atomic E-state index is 12.9. The third-order valence-corrected chi connectivity index (χ3v) is 6.49. The molecule has 4 aromatic rings. The molecule has 0 bridgehead atoms. The molecule has 5 rings (SSSR count). The third kappa shape index (κ3) is 4.07. The molecule has 0 N–H and O–H groups in total. The Morgan fingerprint density at radius 3 is 2.55 bits per heavy atom. The standard InChI is InChI=1S/C26H24N4O2S/c1-3-25(31)30-24(15-23(27-30)19-13-14-33-17-19)22-16-29(20-7-5-4-6-8-20)28-26(22)18-9-11-21(32-2)12-10-18/h4-14,16-17,24H,3,15H2,1-2H3. The normalized spacial score (nSPS) is 15.5. The molecule has 1 atom stereocenters. The van der Waals surface area contributed by atoms with Gasteiger partial charge in [0.05, 0.1) is 30.2 Å². The number of carbonyl (C=O) groups excluding carboxylic acids is 1. The highest BCUT2D eigenvalue weighted by molar-refractivity contribution is 7.08. The van der Waals surface area contributed by atoms with Crippen LogP contribution in [0.1, 0.15) is 36.9 Å². The largest absolute Gasteiger partial charge is 0.497 e. The summed E-state index contributed by atoms with van der Waals surface area (Å²) >= 11 is 1.63. The predicted molar refractivity (Wildman–Crippen MR) is 131 cm³/mol. The van der Waals surface area contributed by atoms with Crippen molar-refractivity contribution < 1.29 is 9.53 Å². The fraction of sp³-hybridized carbons (Fsp3) is 0.192. The Morgan fingerprint density at radius 2 is 1.88 bits per heavy atom. The second-order valence-corrected chi connectivity index (χ2v) is 8.59. The maximum atomic E-state index is 12.9. The van der Waals surface area contributed by atoms with Gasteiger partial charge >= 0.3 is 0 Å². The minimum absolute atomic E-state index is 0.00151. The van der Waals surface area contributed by atoms with Crippen LogP contribution in [-0.4, -0.2) is 33.5 Å². The number of thiophene rings is 1. The van der Waals surface area contributed by atoms with Gasteiger partial charge in [-0.15, -0.1) is 0 Å². The summed E-state index contributed by atoms with van der Waals surface area (Å²) in [5, 5.41) is 15.5. The van der Waals surface area contributed by atoms with Crippen LogP contribution >= 0.6 is 11.3 Å². The number of carbonyl (C=O) groups is 1. The van der Waals surface area contributed by atoms with Crippen molar-refractivity contribution in [2.75, 3.05) is 7.11 Å². The summed E-state index contributed by atoms with van der Waals surface area (Å²) in [5.41, 5.74) is 5.73. The zero-order valence-corrected chi connectivity index (χ0v) is 19.3. The SMILES string of the molecule is CCC(=O)N1N=C(c2ccsc2)CC1c1cn(-c2ccccc2)nc1-c1ccc(OC)cc1. The van der Waals surface area contributed by atoms with E-state index in [-0.39, 0.29) is 11.9 Å². The van der Waals surface area contributed by atoms with Crippen LogP contribution in [0.2, 0.25) is 0 Å². The van der Waals surface area contributed by atoms with Crippen molar-refractivity contribution in [2.45, 2.75) is 25.8 Å². The molecule has 0 radical (unpaired) electrons. The number of ether oxygens (including phenoxy) is 1. The third-order valence-electron chi connectivity index (χ3n) is 5.81. The van der Waals surface area contributed by atoms with Crippen molar-refractivity contribution in [1.82, 2.24) is 14.8 Å². The first kappa shape index (κ1) is 21.2. The molecule has 3 heterocycles. The minimum Gasteiger partial charge on any atom is -0.497 e. The number of aromatic nitrogens is 2. The van der Waals surface area contributed by atoms with Crippen LogP contribution in [0.4, 0.5) is 0 Å². The van der Waals surface area contributed by atoms with Crippen LogP contribution < -0.4 is 4.74 Å². The summed E-state index contributed by atoms with van der Waals surface area (Å²) in [6.45, 7) is 1.87. The van der Waals surface area contributed by atoms with E-state index in [0.717, 1.165) is 39.5 Å². The molecule has 1 aliphatic rings. The number of nitrogens with zero attached hydrogens (tertiary/aromatic N) is 4. The molecule has 7 heteroatoms. The van der Waals surface area contributed by atoms with Crippen LogP contribution in [0.15, 0.2) is 82.7 Å². The number of hydrogen-bond acceptors (Lipinski definition) is 5. The van der Waals surface area contributed by atoms with Crippen molar-refractivity contribution in [3.05, 3.63) is 88.7 Å². The molecule has 0 saturated carbocycles. The summed E-state index contributed by atoms with van der Waals surface area (Å²) in [5.74, 6) is 0.785. The van der Waals surface area contributed by atoms with Gasteiger partial charge in [0.2, 0.25) is 5.91 Å². The van der Waals surface area contributed by atoms with Crippen LogP contribution in [0.25, 0.3) is 16.9 Å². The Kier molecular flexibility index (Phi) is 5.79. The molecule has 0 aliphatic carbocycles. The molecule has 1 unspecified atom stereocenters. The van der Waals surface area contributed by atoms with Gasteiger partial charge in [-0.3, -0.25) is 4.79 Å². The predicted octanol–water partition coefficient (Wildman–Crippen LogP) is 5.70. The summed E-state index contributed by atoms with van der Waals surface area (Å²) in [6.07, 6.45) is 3.06. The zero-order chi connectivity index (χ0) is 22.8. The first-order chi connectivity index (χ1) is 16.2. The Balaban J connectivity index is 1.62. The van der Waals surface area contributed by atoms with Crippen LogP contribution in [0.5, 0.6) is 5.75 Å². The van der Waals surface area contributed by atoms with Gasteiger partial charge in [0.15, 0.2) is 0 Å². The van der Waals surface area contributed by atoms with Gasteiger partial charge in [0, 0.05) is 35.7 Å². The molecular weight excluding hydrogens is 432 g/mol. The monoisotopic (exact) mass is 456 g/mol. The number of hydrazone groups is 1. The van der Waals surface area contributed by atoms with Gasteiger partial charge in [-0.25, -0.2) is 9.69 Å². The fourth-order valence-electron chi connectivity index (χ4n) is 4.07. The Bertz CT molecular complexity index is 1280. The zero-order valence-electron chi connectivity index (χ0n) is 18.5. The molecule has 0 fully saturated rings. The van der Waals surface area contributed by atoms with E-state index in [2.05, 4.69) is 11.4 Å². The Morgan fingerprint density at radius 1 is 1.09 bits per heavy atom. The van der Waals surface area contributed by atoms with Crippen molar-refractivity contribution in [3.8, 4) is 22.7 Å². The highest BCUT2D eigenvalue weighted by Crippen LogP contribution is 2.39. The van der Waals surface area contributed by atoms with E-state index < -0.39 is 0 Å². The molecule has 2 aromatic heterocycles. The summed E-state index contributed by atoms with van der Waals surface area (Å²) < 4.78 is 7.21. The molecule has 33 heavy (non-hydrogen) atoms. The van der Waals surface area contributed by atoms with E-state index in [0.29, 0.717) is 12.8 Å². The molecule has 0 spiro atoms.